The molecule has 1 aliphatic carbocycles. The average molecular weight is 406 g/mol. The number of rotatable bonds is 4. The molecule has 8 atom stereocenters. The van der Waals surface area contributed by atoms with E-state index in [1.54, 1.807) is 0 Å². The van der Waals surface area contributed by atoms with Crippen molar-refractivity contribution in [3.8, 4) is 0 Å². The van der Waals surface area contributed by atoms with Crippen LogP contribution in [0.1, 0.15) is 59.3 Å². The molecule has 4 heterocycles. The fraction of sp³-hybridized carbons (Fsp3) is 0.895. The van der Waals surface area contributed by atoms with E-state index in [1.165, 1.54) is 0 Å². The number of carbonyl (C=O) groups is 2. The number of hydrogen-bond donors (Lipinski definition) is 0. The van der Waals surface area contributed by atoms with Gasteiger partial charge in [0, 0.05) is 24.2 Å². The largest absolute Gasteiger partial charge is 1.00 e. The molecule has 152 valence electrons. The van der Waals surface area contributed by atoms with Crippen molar-refractivity contribution in [1.82, 2.24) is 0 Å². The third kappa shape index (κ3) is 3.66. The first-order valence-electron chi connectivity index (χ1n) is 9.84. The Hall–Kier alpha value is -0.220. The van der Waals surface area contributed by atoms with Crippen molar-refractivity contribution in [1.29, 1.82) is 0 Å². The van der Waals surface area contributed by atoms with Gasteiger partial charge in [-0.2, -0.15) is 0 Å². The molecule has 4 aliphatic heterocycles. The minimum absolute atomic E-state index is 0. The van der Waals surface area contributed by atoms with Gasteiger partial charge in [-0.3, -0.25) is 4.79 Å². The maximum Gasteiger partial charge on any atom is 1.00 e. The van der Waals surface area contributed by atoms with E-state index in [1.807, 2.05) is 13.8 Å². The smallest absolute Gasteiger partial charge is 0.550 e. The third-order valence-corrected chi connectivity index (χ3v) is 6.88. The predicted octanol–water partition coefficient (Wildman–Crippen LogP) is -1.73. The molecule has 1 unspecified atom stereocenters. The molecular formula is C19H27NaO8. The number of aliphatic carboxylic acids is 1. The summed E-state index contributed by atoms with van der Waals surface area (Å²) >= 11 is 0. The maximum atomic E-state index is 12.0. The summed E-state index contributed by atoms with van der Waals surface area (Å²) in [7, 11) is 0. The number of ether oxygens (including phenoxy) is 3. The molecule has 5 rings (SSSR count). The van der Waals surface area contributed by atoms with Crippen molar-refractivity contribution < 1.29 is 68.2 Å². The SMILES string of the molecule is C[C@H]1[C@@H](OC(=O)CCC(=O)[O-])O[C@@H]2OC3(C)CC[C@H]4[C@H](C)CC[C@@H]1[C@@]24OO3.[Na+]. The molecular weight excluding hydrogens is 379 g/mol. The molecule has 2 bridgehead atoms. The monoisotopic (exact) mass is 406 g/mol. The van der Waals surface area contributed by atoms with Crippen molar-refractivity contribution in [2.75, 3.05) is 0 Å². The number of carboxylic acid groups (broad SMARTS) is 1. The summed E-state index contributed by atoms with van der Waals surface area (Å²) < 4.78 is 17.7. The van der Waals surface area contributed by atoms with Crippen LogP contribution in [0.5, 0.6) is 0 Å². The molecule has 0 aromatic heterocycles. The van der Waals surface area contributed by atoms with E-state index in [0.29, 0.717) is 12.3 Å². The Bertz CT molecular complexity index is 629. The van der Waals surface area contributed by atoms with Crippen LogP contribution >= 0.6 is 0 Å². The molecule has 1 saturated carbocycles. The summed E-state index contributed by atoms with van der Waals surface area (Å²) in [5.74, 6) is -2.17. The van der Waals surface area contributed by atoms with E-state index in [9.17, 15) is 14.7 Å². The van der Waals surface area contributed by atoms with E-state index < -0.39 is 35.9 Å². The van der Waals surface area contributed by atoms with Crippen LogP contribution in [0.25, 0.3) is 0 Å². The third-order valence-electron chi connectivity index (χ3n) is 6.88. The molecule has 0 aromatic carbocycles. The molecule has 0 amide bonds. The first-order valence-corrected chi connectivity index (χ1v) is 9.84. The Morgan fingerprint density at radius 1 is 1.11 bits per heavy atom. The first kappa shape index (κ1) is 22.5. The van der Waals surface area contributed by atoms with Crippen molar-refractivity contribution in [3.63, 3.8) is 0 Å². The number of esters is 1. The second kappa shape index (κ2) is 8.13. The van der Waals surface area contributed by atoms with E-state index in [-0.39, 0.29) is 60.2 Å². The Morgan fingerprint density at radius 2 is 1.86 bits per heavy atom. The quantitative estimate of drug-likeness (QED) is 0.308. The Kier molecular flexibility index (Phi) is 6.53. The van der Waals surface area contributed by atoms with Gasteiger partial charge in [-0.05, 0) is 44.4 Å². The zero-order valence-electron chi connectivity index (χ0n) is 17.0. The number of fused-ring (bicyclic) bond motifs is 2. The molecule has 0 radical (unpaired) electrons. The van der Waals surface area contributed by atoms with Crippen LogP contribution in [0.2, 0.25) is 0 Å². The van der Waals surface area contributed by atoms with Crippen LogP contribution in [-0.4, -0.2) is 35.9 Å². The Balaban J connectivity index is 0.00000225. The van der Waals surface area contributed by atoms with Crippen LogP contribution in [0, 0.1) is 23.7 Å². The molecule has 0 aromatic rings. The zero-order chi connectivity index (χ0) is 19.4. The molecule has 28 heavy (non-hydrogen) atoms. The normalized spacial score (nSPS) is 46.7. The Labute approximate surface area is 186 Å². The first-order chi connectivity index (χ1) is 12.7. The number of carboxylic acids is 1. The van der Waals surface area contributed by atoms with Crippen LogP contribution in [0.15, 0.2) is 0 Å². The molecule has 1 spiro atoms. The summed E-state index contributed by atoms with van der Waals surface area (Å²) in [6.45, 7) is 6.04. The van der Waals surface area contributed by atoms with Gasteiger partial charge in [0.15, 0.2) is 11.9 Å². The minimum Gasteiger partial charge on any atom is -0.550 e. The fourth-order valence-corrected chi connectivity index (χ4v) is 5.40. The fourth-order valence-electron chi connectivity index (χ4n) is 5.40. The number of carbonyl (C=O) groups excluding carboxylic acids is 2. The van der Waals surface area contributed by atoms with Crippen LogP contribution < -0.4 is 34.7 Å². The summed E-state index contributed by atoms with van der Waals surface area (Å²) in [4.78, 5) is 34.4. The van der Waals surface area contributed by atoms with Crippen molar-refractivity contribution >= 4 is 11.9 Å². The van der Waals surface area contributed by atoms with Gasteiger partial charge in [-0.1, -0.05) is 13.8 Å². The summed E-state index contributed by atoms with van der Waals surface area (Å²) in [5, 5.41) is 10.6. The topological polar surface area (TPSA) is 103 Å². The van der Waals surface area contributed by atoms with Crippen LogP contribution in [0.4, 0.5) is 0 Å². The van der Waals surface area contributed by atoms with Gasteiger partial charge < -0.3 is 24.1 Å². The van der Waals surface area contributed by atoms with Gasteiger partial charge in [-0.15, -0.1) is 0 Å². The molecule has 9 heteroatoms. The standard InChI is InChI=1S/C19H28O8.Na/c1-10-4-5-13-11(2)16(23-15(22)7-6-14(20)21)24-17-19(13)12(10)8-9-18(3,25-17)26-27-19;/h10-13,16-17H,4-9H2,1-3H3,(H,20,21);/q;+1/p-1/t10-,11-,12+,13+,16+,17-,18?,19-;/m1./s1. The van der Waals surface area contributed by atoms with Gasteiger partial charge in [0.1, 0.15) is 0 Å². The van der Waals surface area contributed by atoms with Crippen molar-refractivity contribution in [2.45, 2.75) is 83.3 Å². The molecule has 5 aliphatic rings. The van der Waals surface area contributed by atoms with Gasteiger partial charge >= 0.3 is 35.5 Å². The Morgan fingerprint density at radius 3 is 2.57 bits per heavy atom. The summed E-state index contributed by atoms with van der Waals surface area (Å²) in [6, 6.07) is 0. The average Bonchev–Trinajstić information content (AvgIpc) is 2.84. The van der Waals surface area contributed by atoms with Crippen molar-refractivity contribution in [3.05, 3.63) is 0 Å². The van der Waals surface area contributed by atoms with E-state index in [4.69, 9.17) is 24.0 Å². The van der Waals surface area contributed by atoms with Gasteiger partial charge in [0.2, 0.25) is 12.1 Å². The van der Waals surface area contributed by atoms with Crippen LogP contribution in [-0.2, 0) is 33.6 Å². The second-order valence-corrected chi connectivity index (χ2v) is 8.64. The van der Waals surface area contributed by atoms with Gasteiger partial charge in [-0.25, -0.2) is 9.78 Å². The summed E-state index contributed by atoms with van der Waals surface area (Å²) in [6.07, 6.45) is 1.48. The van der Waals surface area contributed by atoms with Crippen molar-refractivity contribution in [2.24, 2.45) is 23.7 Å². The second-order valence-electron chi connectivity index (χ2n) is 8.64. The van der Waals surface area contributed by atoms with Crippen LogP contribution in [0.3, 0.4) is 0 Å². The van der Waals surface area contributed by atoms with E-state index in [2.05, 4.69) is 6.92 Å². The number of hydrogen-bond acceptors (Lipinski definition) is 8. The summed E-state index contributed by atoms with van der Waals surface area (Å²) in [5.41, 5.74) is -0.707. The zero-order valence-corrected chi connectivity index (χ0v) is 19.0. The van der Waals surface area contributed by atoms with Gasteiger partial charge in [0.05, 0.1) is 6.42 Å². The molecule has 4 saturated heterocycles. The predicted molar refractivity (Wildman–Crippen MR) is 87.2 cm³/mol. The van der Waals surface area contributed by atoms with E-state index >= 15 is 0 Å². The maximum absolute atomic E-state index is 12.0. The van der Waals surface area contributed by atoms with Gasteiger partial charge in [0.25, 0.3) is 0 Å². The molecule has 5 fully saturated rings. The molecule has 8 nitrogen and oxygen atoms in total. The molecule has 0 N–H and O–H groups in total. The minimum atomic E-state index is -1.28. The van der Waals surface area contributed by atoms with E-state index in [0.717, 1.165) is 19.3 Å².